The van der Waals surface area contributed by atoms with E-state index in [4.69, 9.17) is 4.74 Å². The minimum absolute atomic E-state index is 0.0700. The summed E-state index contributed by atoms with van der Waals surface area (Å²) in [5, 5.41) is 10.2. The third-order valence-corrected chi connectivity index (χ3v) is 4.05. The molecule has 0 spiro atoms. The van der Waals surface area contributed by atoms with E-state index in [1.54, 1.807) is 4.90 Å². The largest absolute Gasteiger partial charge is 0.444 e. The molecule has 0 unspecified atom stereocenters. The van der Waals surface area contributed by atoms with E-state index in [-0.39, 0.29) is 12.0 Å². The molecule has 1 aromatic rings. The van der Waals surface area contributed by atoms with Gasteiger partial charge in [0.15, 0.2) is 0 Å². The molecule has 0 bridgehead atoms. The van der Waals surface area contributed by atoms with Crippen LogP contribution in [0.25, 0.3) is 0 Å². The molecular formula is C16H22BrNO3. The van der Waals surface area contributed by atoms with E-state index in [0.717, 1.165) is 10.0 Å². The summed E-state index contributed by atoms with van der Waals surface area (Å²) in [5.41, 5.74) is 0.541. The molecule has 5 heteroatoms. The quantitative estimate of drug-likeness (QED) is 0.838. The van der Waals surface area contributed by atoms with E-state index in [9.17, 15) is 9.90 Å². The van der Waals surface area contributed by atoms with Crippen LogP contribution in [0.4, 0.5) is 4.79 Å². The van der Waals surface area contributed by atoms with Crippen LogP contribution < -0.4 is 0 Å². The Balaban J connectivity index is 2.09. The lowest BCUT2D eigenvalue weighted by atomic mass is 9.88. The van der Waals surface area contributed by atoms with Crippen LogP contribution in [0, 0.1) is 0 Å². The van der Waals surface area contributed by atoms with Crippen molar-refractivity contribution in [1.82, 2.24) is 4.90 Å². The van der Waals surface area contributed by atoms with Crippen molar-refractivity contribution >= 4 is 22.0 Å². The molecule has 21 heavy (non-hydrogen) atoms. The number of hydrogen-bond acceptors (Lipinski definition) is 3. The molecule has 4 nitrogen and oxygen atoms in total. The number of aliphatic hydroxyl groups excluding tert-OH is 1. The molecule has 1 heterocycles. The predicted molar refractivity (Wildman–Crippen MR) is 85.3 cm³/mol. The van der Waals surface area contributed by atoms with Crippen LogP contribution in [-0.2, 0) is 4.74 Å². The van der Waals surface area contributed by atoms with Crippen molar-refractivity contribution < 1.29 is 14.6 Å². The van der Waals surface area contributed by atoms with Crippen molar-refractivity contribution in [2.45, 2.75) is 44.8 Å². The summed E-state index contributed by atoms with van der Waals surface area (Å²) in [4.78, 5) is 13.9. The fraction of sp³-hybridized carbons (Fsp3) is 0.562. The van der Waals surface area contributed by atoms with Crippen LogP contribution in [-0.4, -0.2) is 40.9 Å². The van der Waals surface area contributed by atoms with Crippen LogP contribution in [0.3, 0.4) is 0 Å². The van der Waals surface area contributed by atoms with E-state index < -0.39 is 11.7 Å². The molecular weight excluding hydrogens is 334 g/mol. The first-order valence-electron chi connectivity index (χ1n) is 7.18. The zero-order valence-corrected chi connectivity index (χ0v) is 14.3. The third-order valence-electron chi connectivity index (χ3n) is 3.53. The second kappa shape index (κ2) is 6.36. The summed E-state index contributed by atoms with van der Waals surface area (Å²) in [6.07, 6.45) is -0.165. The maximum atomic E-state index is 12.2. The van der Waals surface area contributed by atoms with E-state index in [2.05, 4.69) is 15.9 Å². The van der Waals surface area contributed by atoms with Gasteiger partial charge in [0.2, 0.25) is 0 Å². The van der Waals surface area contributed by atoms with Gasteiger partial charge in [0.1, 0.15) is 5.60 Å². The minimum Gasteiger partial charge on any atom is -0.444 e. The van der Waals surface area contributed by atoms with Crippen LogP contribution in [0.15, 0.2) is 28.7 Å². The lowest BCUT2D eigenvalue weighted by Crippen LogP contribution is -2.46. The summed E-state index contributed by atoms with van der Waals surface area (Å²) in [6, 6.07) is 7.87. The molecule has 1 amide bonds. The summed E-state index contributed by atoms with van der Waals surface area (Å²) in [7, 11) is 0. The number of rotatable bonds is 1. The number of aliphatic hydroxyl groups is 1. The van der Waals surface area contributed by atoms with Crippen molar-refractivity contribution in [1.29, 1.82) is 0 Å². The molecule has 0 saturated carbocycles. The SMILES string of the molecule is CC(C)(C)OC(=O)N1CC[C@@H](O)[C@H](c2ccc(Br)cc2)C1. The molecule has 1 saturated heterocycles. The Labute approximate surface area is 134 Å². The first-order chi connectivity index (χ1) is 9.76. The van der Waals surface area contributed by atoms with Gasteiger partial charge in [-0.25, -0.2) is 4.79 Å². The topological polar surface area (TPSA) is 49.8 Å². The molecule has 0 radical (unpaired) electrons. The maximum Gasteiger partial charge on any atom is 0.410 e. The number of carbonyl (C=O) groups excluding carboxylic acids is 1. The van der Waals surface area contributed by atoms with Crippen molar-refractivity contribution in [3.63, 3.8) is 0 Å². The molecule has 1 aromatic carbocycles. The van der Waals surface area contributed by atoms with Gasteiger partial charge in [-0.3, -0.25) is 0 Å². The highest BCUT2D eigenvalue weighted by Gasteiger charge is 2.33. The van der Waals surface area contributed by atoms with Crippen molar-refractivity contribution in [3.8, 4) is 0 Å². The zero-order chi connectivity index (χ0) is 15.6. The highest BCUT2D eigenvalue weighted by atomic mass is 79.9. The van der Waals surface area contributed by atoms with Crippen LogP contribution in [0.1, 0.15) is 38.7 Å². The Hall–Kier alpha value is -1.07. The first kappa shape index (κ1) is 16.3. The van der Waals surface area contributed by atoms with E-state index in [0.29, 0.717) is 19.5 Å². The number of likely N-dealkylation sites (tertiary alicyclic amines) is 1. The molecule has 1 aliphatic rings. The number of hydrogen-bond donors (Lipinski definition) is 1. The van der Waals surface area contributed by atoms with Crippen LogP contribution in [0.2, 0.25) is 0 Å². The number of halogens is 1. The standard InChI is InChI=1S/C16H22BrNO3/c1-16(2,3)21-15(20)18-9-8-14(19)13(10-18)11-4-6-12(17)7-5-11/h4-7,13-14,19H,8-10H2,1-3H3/t13-,14+/m0/s1. The fourth-order valence-electron chi connectivity index (χ4n) is 2.47. The minimum atomic E-state index is -0.500. The molecule has 0 aromatic heterocycles. The Morgan fingerprint density at radius 2 is 1.95 bits per heavy atom. The average molecular weight is 356 g/mol. The smallest absolute Gasteiger partial charge is 0.410 e. The molecule has 1 aliphatic heterocycles. The zero-order valence-electron chi connectivity index (χ0n) is 12.7. The molecule has 1 fully saturated rings. The monoisotopic (exact) mass is 355 g/mol. The van der Waals surface area contributed by atoms with Crippen molar-refractivity contribution in [2.75, 3.05) is 13.1 Å². The second-order valence-electron chi connectivity index (χ2n) is 6.44. The lowest BCUT2D eigenvalue weighted by Gasteiger charge is -2.37. The first-order valence-corrected chi connectivity index (χ1v) is 7.97. The number of amides is 1. The highest BCUT2D eigenvalue weighted by molar-refractivity contribution is 9.10. The second-order valence-corrected chi connectivity index (χ2v) is 7.36. The normalized spacial score (nSPS) is 23.0. The summed E-state index contributed by atoms with van der Waals surface area (Å²) >= 11 is 3.41. The van der Waals surface area contributed by atoms with Crippen LogP contribution in [0.5, 0.6) is 0 Å². The Kier molecular flexibility index (Phi) is 4.94. The number of carbonyl (C=O) groups is 1. The van der Waals surface area contributed by atoms with Gasteiger partial charge in [-0.1, -0.05) is 28.1 Å². The van der Waals surface area contributed by atoms with Crippen molar-refractivity contribution in [3.05, 3.63) is 34.3 Å². The number of ether oxygens (including phenoxy) is 1. The summed E-state index contributed by atoms with van der Waals surface area (Å²) in [5.74, 6) is -0.0700. The van der Waals surface area contributed by atoms with Gasteiger partial charge < -0.3 is 14.7 Å². The molecule has 116 valence electrons. The Bertz CT molecular complexity index is 495. The van der Waals surface area contributed by atoms with Gasteiger partial charge in [0.05, 0.1) is 6.10 Å². The molecule has 2 atom stereocenters. The number of benzene rings is 1. The highest BCUT2D eigenvalue weighted by Crippen LogP contribution is 2.29. The maximum absolute atomic E-state index is 12.2. The van der Waals surface area contributed by atoms with Gasteiger partial charge >= 0.3 is 6.09 Å². The fourth-order valence-corrected chi connectivity index (χ4v) is 2.73. The van der Waals surface area contributed by atoms with Crippen LogP contribution >= 0.6 is 15.9 Å². The number of piperidine rings is 1. The molecule has 2 rings (SSSR count). The molecule has 0 aliphatic carbocycles. The Morgan fingerprint density at radius 1 is 1.33 bits per heavy atom. The van der Waals surface area contributed by atoms with Gasteiger partial charge in [-0.05, 0) is 44.9 Å². The van der Waals surface area contributed by atoms with Gasteiger partial charge in [0, 0.05) is 23.5 Å². The average Bonchev–Trinajstić information content (AvgIpc) is 2.38. The van der Waals surface area contributed by atoms with Gasteiger partial charge in [0.25, 0.3) is 0 Å². The van der Waals surface area contributed by atoms with Crippen molar-refractivity contribution in [2.24, 2.45) is 0 Å². The van der Waals surface area contributed by atoms with E-state index in [1.165, 1.54) is 0 Å². The molecule has 1 N–H and O–H groups in total. The summed E-state index contributed by atoms with van der Waals surface area (Å²) < 4.78 is 6.41. The van der Waals surface area contributed by atoms with Gasteiger partial charge in [-0.2, -0.15) is 0 Å². The lowest BCUT2D eigenvalue weighted by molar-refractivity contribution is 0.00407. The van der Waals surface area contributed by atoms with Gasteiger partial charge in [-0.15, -0.1) is 0 Å². The number of nitrogens with zero attached hydrogens (tertiary/aromatic N) is 1. The predicted octanol–water partition coefficient (Wildman–Crippen LogP) is 3.53. The van der Waals surface area contributed by atoms with E-state index in [1.807, 2.05) is 45.0 Å². The third kappa shape index (κ3) is 4.45. The Morgan fingerprint density at radius 3 is 2.52 bits per heavy atom. The van der Waals surface area contributed by atoms with E-state index >= 15 is 0 Å². The summed E-state index contributed by atoms with van der Waals surface area (Å²) in [6.45, 7) is 6.59.